The van der Waals surface area contributed by atoms with Crippen LogP contribution in [-0.2, 0) is 4.79 Å². The summed E-state index contributed by atoms with van der Waals surface area (Å²) in [6, 6.07) is 9.22. The van der Waals surface area contributed by atoms with Crippen molar-refractivity contribution in [2.45, 2.75) is 25.9 Å². The van der Waals surface area contributed by atoms with Gasteiger partial charge in [0.05, 0.1) is 17.9 Å². The largest absolute Gasteiger partial charge is 0.472 e. The molecule has 0 fully saturated rings. The molecule has 6 heteroatoms. The molecule has 2 aromatic rings. The molecule has 0 saturated heterocycles. The zero-order valence-corrected chi connectivity index (χ0v) is 15.1. The van der Waals surface area contributed by atoms with Crippen LogP contribution in [-0.4, -0.2) is 43.4 Å². The van der Waals surface area contributed by atoms with E-state index in [1.807, 2.05) is 21.0 Å². The monoisotopic (exact) mass is 343 g/mol. The maximum atomic E-state index is 12.3. The predicted molar refractivity (Wildman–Crippen MR) is 96.3 cm³/mol. The highest BCUT2D eigenvalue weighted by molar-refractivity contribution is 5.97. The molecule has 1 aromatic heterocycles. The van der Waals surface area contributed by atoms with Crippen LogP contribution in [0.3, 0.4) is 0 Å². The van der Waals surface area contributed by atoms with Gasteiger partial charge in [0.15, 0.2) is 0 Å². The molecule has 2 N–H and O–H groups in total. The van der Waals surface area contributed by atoms with Crippen LogP contribution in [0.4, 0.5) is 0 Å². The third-order valence-corrected chi connectivity index (χ3v) is 4.08. The molecule has 25 heavy (non-hydrogen) atoms. The number of nitrogens with one attached hydrogen (secondary N) is 2. The second-order valence-electron chi connectivity index (χ2n) is 6.34. The Morgan fingerprint density at radius 1 is 1.16 bits per heavy atom. The van der Waals surface area contributed by atoms with Gasteiger partial charge in [-0.05, 0) is 39.6 Å². The average molecular weight is 343 g/mol. The van der Waals surface area contributed by atoms with Gasteiger partial charge in [-0.3, -0.25) is 9.59 Å². The molecule has 6 nitrogen and oxygen atoms in total. The summed E-state index contributed by atoms with van der Waals surface area (Å²) in [6.45, 7) is 4.16. The van der Waals surface area contributed by atoms with E-state index in [0.717, 1.165) is 5.56 Å². The van der Waals surface area contributed by atoms with Crippen LogP contribution in [0.5, 0.6) is 0 Å². The van der Waals surface area contributed by atoms with Crippen molar-refractivity contribution in [3.8, 4) is 0 Å². The molecule has 0 aliphatic carbocycles. The van der Waals surface area contributed by atoms with Gasteiger partial charge in [0.1, 0.15) is 12.3 Å². The van der Waals surface area contributed by atoms with Crippen molar-refractivity contribution < 1.29 is 14.0 Å². The first-order valence-corrected chi connectivity index (χ1v) is 8.22. The number of nitrogens with zero attached hydrogens (tertiary/aromatic N) is 1. The third kappa shape index (κ3) is 5.19. The number of likely N-dealkylation sites (N-methyl/N-ethyl adjacent to an activating group) is 1. The van der Waals surface area contributed by atoms with E-state index in [0.29, 0.717) is 12.1 Å². The molecule has 0 aliphatic heterocycles. The van der Waals surface area contributed by atoms with Gasteiger partial charge < -0.3 is 20.0 Å². The Kier molecular flexibility index (Phi) is 6.36. The number of aryl methyl sites for hydroxylation is 1. The minimum Gasteiger partial charge on any atom is -0.472 e. The van der Waals surface area contributed by atoms with Crippen molar-refractivity contribution in [2.24, 2.45) is 0 Å². The number of benzene rings is 1. The Bertz CT molecular complexity index is 693. The lowest BCUT2D eigenvalue weighted by Gasteiger charge is -2.26. The number of carbonyl (C=O) groups is 2. The van der Waals surface area contributed by atoms with Crippen LogP contribution >= 0.6 is 0 Å². The van der Waals surface area contributed by atoms with Crippen LogP contribution < -0.4 is 10.6 Å². The van der Waals surface area contributed by atoms with E-state index in [1.165, 1.54) is 18.1 Å². The fraction of sp³-hybridized carbons (Fsp3) is 0.368. The fourth-order valence-electron chi connectivity index (χ4n) is 2.48. The number of furan rings is 1. The second-order valence-corrected chi connectivity index (χ2v) is 6.34. The quantitative estimate of drug-likeness (QED) is 0.808. The van der Waals surface area contributed by atoms with Crippen LogP contribution in [0.15, 0.2) is 47.3 Å². The lowest BCUT2D eigenvalue weighted by Crippen LogP contribution is -2.46. The molecule has 1 heterocycles. The highest BCUT2D eigenvalue weighted by Crippen LogP contribution is 2.17. The zero-order chi connectivity index (χ0) is 18.4. The first kappa shape index (κ1) is 18.7. The van der Waals surface area contributed by atoms with Gasteiger partial charge in [-0.15, -0.1) is 0 Å². The molecule has 0 spiro atoms. The lowest BCUT2D eigenvalue weighted by molar-refractivity contribution is -0.122. The summed E-state index contributed by atoms with van der Waals surface area (Å²) in [6.07, 6.45) is 2.77. The normalized spacial score (nSPS) is 13.3. The van der Waals surface area contributed by atoms with Crippen molar-refractivity contribution in [1.29, 1.82) is 0 Å². The van der Waals surface area contributed by atoms with E-state index in [-0.39, 0.29) is 17.9 Å². The third-order valence-electron chi connectivity index (χ3n) is 4.08. The van der Waals surface area contributed by atoms with Crippen LogP contribution in [0, 0.1) is 6.92 Å². The van der Waals surface area contributed by atoms with Gasteiger partial charge >= 0.3 is 0 Å². The Hall–Kier alpha value is -2.60. The smallest absolute Gasteiger partial charge is 0.255 e. The van der Waals surface area contributed by atoms with Gasteiger partial charge in [0.2, 0.25) is 5.91 Å². The van der Waals surface area contributed by atoms with Gasteiger partial charge in [0, 0.05) is 6.54 Å². The number of rotatable bonds is 7. The Morgan fingerprint density at radius 2 is 1.84 bits per heavy atom. The van der Waals surface area contributed by atoms with E-state index >= 15 is 0 Å². The summed E-state index contributed by atoms with van der Waals surface area (Å²) in [5, 5.41) is 5.57. The molecule has 0 saturated carbocycles. The van der Waals surface area contributed by atoms with Gasteiger partial charge in [-0.2, -0.15) is 0 Å². The predicted octanol–water partition coefficient (Wildman–Crippen LogP) is 2.13. The van der Waals surface area contributed by atoms with Crippen molar-refractivity contribution in [1.82, 2.24) is 15.5 Å². The highest BCUT2D eigenvalue weighted by atomic mass is 16.3. The SMILES string of the molecule is Cc1ccc(C(CNC(=O)C(C)NC(=O)c2ccoc2)N(C)C)cc1. The Balaban J connectivity index is 1.92. The minimum absolute atomic E-state index is 0.0568. The van der Waals surface area contributed by atoms with E-state index in [9.17, 15) is 9.59 Å². The molecule has 2 rings (SSSR count). The van der Waals surface area contributed by atoms with Crippen molar-refractivity contribution in [3.63, 3.8) is 0 Å². The number of carbonyl (C=O) groups excluding carboxylic acids is 2. The lowest BCUT2D eigenvalue weighted by atomic mass is 10.0. The van der Waals surface area contributed by atoms with Crippen LogP contribution in [0.25, 0.3) is 0 Å². The molecule has 0 bridgehead atoms. The molecule has 0 radical (unpaired) electrons. The summed E-state index contributed by atoms with van der Waals surface area (Å²) >= 11 is 0. The first-order chi connectivity index (χ1) is 11.9. The summed E-state index contributed by atoms with van der Waals surface area (Å²) in [7, 11) is 3.95. The van der Waals surface area contributed by atoms with Gasteiger partial charge in [-0.1, -0.05) is 29.8 Å². The number of hydrogen-bond donors (Lipinski definition) is 2. The van der Waals surface area contributed by atoms with E-state index in [1.54, 1.807) is 13.0 Å². The summed E-state index contributed by atoms with van der Waals surface area (Å²) in [5.74, 6) is -0.560. The first-order valence-electron chi connectivity index (χ1n) is 8.22. The number of amides is 2. The van der Waals surface area contributed by atoms with E-state index in [2.05, 4.69) is 39.8 Å². The van der Waals surface area contributed by atoms with Gasteiger partial charge in [-0.25, -0.2) is 0 Å². The molecular weight excluding hydrogens is 318 g/mol. The van der Waals surface area contributed by atoms with Gasteiger partial charge in [0.25, 0.3) is 5.91 Å². The molecule has 2 atom stereocenters. The van der Waals surface area contributed by atoms with E-state index in [4.69, 9.17) is 4.42 Å². The van der Waals surface area contributed by atoms with Crippen molar-refractivity contribution in [2.75, 3.05) is 20.6 Å². The standard InChI is InChI=1S/C19H25N3O3/c1-13-5-7-15(8-6-13)17(22(3)4)11-20-18(23)14(2)21-19(24)16-9-10-25-12-16/h5-10,12,14,17H,11H2,1-4H3,(H,20,23)(H,21,24). The molecule has 134 valence electrons. The van der Waals surface area contributed by atoms with Crippen molar-refractivity contribution in [3.05, 3.63) is 59.5 Å². The average Bonchev–Trinajstić information content (AvgIpc) is 3.10. The molecule has 2 amide bonds. The van der Waals surface area contributed by atoms with Crippen LogP contribution in [0.2, 0.25) is 0 Å². The maximum absolute atomic E-state index is 12.3. The fourth-order valence-corrected chi connectivity index (χ4v) is 2.48. The molecule has 1 aromatic carbocycles. The Morgan fingerprint density at radius 3 is 2.40 bits per heavy atom. The van der Waals surface area contributed by atoms with Crippen LogP contribution in [0.1, 0.15) is 34.5 Å². The summed E-state index contributed by atoms with van der Waals surface area (Å²) in [5.41, 5.74) is 2.72. The molecule has 2 unspecified atom stereocenters. The topological polar surface area (TPSA) is 74.6 Å². The minimum atomic E-state index is -0.636. The molecule has 0 aliphatic rings. The zero-order valence-electron chi connectivity index (χ0n) is 15.1. The second kappa shape index (κ2) is 8.48. The summed E-state index contributed by atoms with van der Waals surface area (Å²) in [4.78, 5) is 26.3. The maximum Gasteiger partial charge on any atom is 0.255 e. The van der Waals surface area contributed by atoms with E-state index < -0.39 is 6.04 Å². The Labute approximate surface area is 148 Å². The molecular formula is C19H25N3O3. The summed E-state index contributed by atoms with van der Waals surface area (Å²) < 4.78 is 4.87. The van der Waals surface area contributed by atoms with Crippen molar-refractivity contribution >= 4 is 11.8 Å². The highest BCUT2D eigenvalue weighted by Gasteiger charge is 2.20. The number of hydrogen-bond acceptors (Lipinski definition) is 4.